The summed E-state index contributed by atoms with van der Waals surface area (Å²) < 4.78 is 5.20. The molecule has 0 spiro atoms. The molecule has 2 aromatic carbocycles. The van der Waals surface area contributed by atoms with Crippen LogP contribution in [0.1, 0.15) is 36.9 Å². The first-order valence-electron chi connectivity index (χ1n) is 9.06. The Hall–Kier alpha value is -3.08. The van der Waals surface area contributed by atoms with Gasteiger partial charge in [-0.3, -0.25) is 9.59 Å². The Morgan fingerprint density at radius 1 is 1.07 bits per heavy atom. The van der Waals surface area contributed by atoms with Crippen molar-refractivity contribution in [3.05, 3.63) is 71.3 Å². The Labute approximate surface area is 158 Å². The normalized spacial score (nSPS) is 18.7. The fourth-order valence-electron chi connectivity index (χ4n) is 3.32. The van der Waals surface area contributed by atoms with Crippen LogP contribution in [0.15, 0.2) is 60.2 Å². The van der Waals surface area contributed by atoms with E-state index in [1.165, 1.54) is 0 Å². The summed E-state index contributed by atoms with van der Waals surface area (Å²) >= 11 is 0. The second kappa shape index (κ2) is 8.08. The molecule has 1 aliphatic heterocycles. The van der Waals surface area contributed by atoms with E-state index in [0.717, 1.165) is 18.4 Å². The van der Waals surface area contributed by atoms with E-state index in [-0.39, 0.29) is 11.3 Å². The molecule has 1 unspecified atom stereocenters. The Morgan fingerprint density at radius 3 is 2.33 bits per heavy atom. The minimum Gasteiger partial charge on any atom is -0.507 e. The topological polar surface area (TPSA) is 66.8 Å². The van der Waals surface area contributed by atoms with Gasteiger partial charge in [0.2, 0.25) is 0 Å². The van der Waals surface area contributed by atoms with Gasteiger partial charge in [0, 0.05) is 12.1 Å². The Kier molecular flexibility index (Phi) is 5.60. The number of aliphatic hydroxyl groups is 1. The zero-order valence-electron chi connectivity index (χ0n) is 15.5. The van der Waals surface area contributed by atoms with Crippen molar-refractivity contribution < 1.29 is 19.4 Å². The summed E-state index contributed by atoms with van der Waals surface area (Å²) in [6, 6.07) is 15.5. The minimum absolute atomic E-state index is 0.132. The third-order valence-electron chi connectivity index (χ3n) is 4.77. The number of Topliss-reactive ketones (excluding diaryl/α,β-unsaturated/α-hetero) is 1. The molecule has 2 aromatic rings. The summed E-state index contributed by atoms with van der Waals surface area (Å²) in [5.74, 6) is -0.670. The monoisotopic (exact) mass is 365 g/mol. The lowest BCUT2D eigenvalue weighted by Crippen LogP contribution is -2.30. The van der Waals surface area contributed by atoms with Crippen molar-refractivity contribution in [3.63, 3.8) is 0 Å². The molecule has 0 aliphatic carbocycles. The summed E-state index contributed by atoms with van der Waals surface area (Å²) in [4.78, 5) is 27.0. The lowest BCUT2D eigenvalue weighted by molar-refractivity contribution is -0.139. The van der Waals surface area contributed by atoms with Crippen molar-refractivity contribution in [1.82, 2.24) is 4.90 Å². The van der Waals surface area contributed by atoms with Crippen molar-refractivity contribution in [2.45, 2.75) is 25.8 Å². The van der Waals surface area contributed by atoms with E-state index < -0.39 is 17.7 Å². The molecular weight excluding hydrogens is 342 g/mol. The Balaban J connectivity index is 2.13. The molecule has 1 saturated heterocycles. The van der Waals surface area contributed by atoms with Crippen LogP contribution < -0.4 is 4.74 Å². The maximum Gasteiger partial charge on any atom is 0.295 e. The maximum absolute atomic E-state index is 12.8. The van der Waals surface area contributed by atoms with Gasteiger partial charge in [-0.15, -0.1) is 0 Å². The van der Waals surface area contributed by atoms with Gasteiger partial charge in [-0.2, -0.15) is 0 Å². The highest BCUT2D eigenvalue weighted by atomic mass is 16.5. The highest BCUT2D eigenvalue weighted by Crippen LogP contribution is 2.39. The largest absolute Gasteiger partial charge is 0.507 e. The third-order valence-corrected chi connectivity index (χ3v) is 4.77. The van der Waals surface area contributed by atoms with Gasteiger partial charge < -0.3 is 14.7 Å². The van der Waals surface area contributed by atoms with Gasteiger partial charge in [0.05, 0.1) is 18.7 Å². The number of hydrogen-bond donors (Lipinski definition) is 1. The van der Waals surface area contributed by atoms with E-state index in [2.05, 4.69) is 0 Å². The average molecular weight is 365 g/mol. The second-order valence-corrected chi connectivity index (χ2v) is 6.49. The molecule has 0 radical (unpaired) electrons. The predicted octanol–water partition coefficient (Wildman–Crippen LogP) is 3.92. The Bertz CT molecular complexity index is 856. The zero-order valence-corrected chi connectivity index (χ0v) is 15.5. The zero-order chi connectivity index (χ0) is 19.4. The number of benzene rings is 2. The fourth-order valence-corrected chi connectivity index (χ4v) is 3.32. The molecule has 1 atom stereocenters. The summed E-state index contributed by atoms with van der Waals surface area (Å²) in [5.41, 5.74) is 1.42. The summed E-state index contributed by atoms with van der Waals surface area (Å²) in [5, 5.41) is 10.8. The van der Waals surface area contributed by atoms with Crippen molar-refractivity contribution in [1.29, 1.82) is 0 Å². The van der Waals surface area contributed by atoms with E-state index >= 15 is 0 Å². The minimum atomic E-state index is -0.645. The van der Waals surface area contributed by atoms with Crippen LogP contribution in [0, 0.1) is 0 Å². The molecule has 1 aliphatic rings. The number of aliphatic hydroxyl groups excluding tert-OH is 1. The van der Waals surface area contributed by atoms with Crippen LogP contribution >= 0.6 is 0 Å². The average Bonchev–Trinajstić information content (AvgIpc) is 2.97. The van der Waals surface area contributed by atoms with E-state index in [0.29, 0.717) is 17.9 Å². The number of rotatable bonds is 6. The molecule has 0 bridgehead atoms. The number of nitrogens with zero attached hydrogens (tertiary/aromatic N) is 1. The van der Waals surface area contributed by atoms with Crippen LogP contribution in [0.3, 0.4) is 0 Å². The molecule has 27 heavy (non-hydrogen) atoms. The number of carbonyl (C=O) groups excluding carboxylic acids is 2. The number of carbonyl (C=O) groups is 2. The fraction of sp³-hybridized carbons (Fsp3) is 0.273. The van der Waals surface area contributed by atoms with Crippen LogP contribution in [0.25, 0.3) is 5.76 Å². The van der Waals surface area contributed by atoms with Gasteiger partial charge in [0.25, 0.3) is 11.7 Å². The van der Waals surface area contributed by atoms with Crippen LogP contribution in [-0.2, 0) is 9.59 Å². The number of likely N-dealkylation sites (tertiary alicyclic amines) is 1. The number of methoxy groups -OCH3 is 1. The van der Waals surface area contributed by atoms with Crippen molar-refractivity contribution >= 4 is 17.4 Å². The number of ether oxygens (including phenoxy) is 1. The molecule has 5 nitrogen and oxygen atoms in total. The highest BCUT2D eigenvalue weighted by molar-refractivity contribution is 6.46. The molecule has 3 rings (SSSR count). The lowest BCUT2D eigenvalue weighted by atomic mass is 9.95. The van der Waals surface area contributed by atoms with Crippen LogP contribution in [0.4, 0.5) is 0 Å². The first-order valence-corrected chi connectivity index (χ1v) is 9.06. The third kappa shape index (κ3) is 3.58. The number of hydrogen-bond acceptors (Lipinski definition) is 4. The van der Waals surface area contributed by atoms with E-state index in [1.807, 2.05) is 25.1 Å². The smallest absolute Gasteiger partial charge is 0.295 e. The van der Waals surface area contributed by atoms with Gasteiger partial charge in [-0.1, -0.05) is 55.8 Å². The number of amides is 1. The van der Waals surface area contributed by atoms with E-state index in [4.69, 9.17) is 4.74 Å². The van der Waals surface area contributed by atoms with E-state index in [1.54, 1.807) is 48.4 Å². The molecule has 5 heteroatoms. The first-order chi connectivity index (χ1) is 13.1. The SMILES string of the molecule is CCCCN1C(=O)C(=O)/C(=C(/O)c2ccccc2)C1c1ccc(OC)cc1. The quantitative estimate of drug-likeness (QED) is 0.479. The molecule has 0 saturated carbocycles. The Morgan fingerprint density at radius 2 is 1.74 bits per heavy atom. The van der Waals surface area contributed by atoms with Crippen molar-refractivity contribution in [2.24, 2.45) is 0 Å². The summed E-state index contributed by atoms with van der Waals surface area (Å²) in [6.07, 6.45) is 1.68. The van der Waals surface area contributed by atoms with Crippen LogP contribution in [0.5, 0.6) is 5.75 Å². The maximum atomic E-state index is 12.8. The summed E-state index contributed by atoms with van der Waals surface area (Å²) in [6.45, 7) is 2.49. The molecule has 1 amide bonds. The molecule has 140 valence electrons. The van der Waals surface area contributed by atoms with Crippen LogP contribution in [-0.4, -0.2) is 35.4 Å². The number of unbranched alkanes of at least 4 members (excludes halogenated alkanes) is 1. The van der Waals surface area contributed by atoms with Gasteiger partial charge in [-0.05, 0) is 24.1 Å². The molecule has 0 aromatic heterocycles. The van der Waals surface area contributed by atoms with E-state index in [9.17, 15) is 14.7 Å². The van der Waals surface area contributed by atoms with Gasteiger partial charge >= 0.3 is 0 Å². The molecular formula is C22H23NO4. The molecule has 1 fully saturated rings. The van der Waals surface area contributed by atoms with Crippen molar-refractivity contribution in [2.75, 3.05) is 13.7 Å². The summed E-state index contributed by atoms with van der Waals surface area (Å²) in [7, 11) is 1.58. The molecule has 1 heterocycles. The van der Waals surface area contributed by atoms with Gasteiger partial charge in [0.15, 0.2) is 0 Å². The second-order valence-electron chi connectivity index (χ2n) is 6.49. The van der Waals surface area contributed by atoms with Gasteiger partial charge in [-0.25, -0.2) is 0 Å². The molecule has 1 N–H and O–H groups in total. The van der Waals surface area contributed by atoms with Crippen LogP contribution in [0.2, 0.25) is 0 Å². The number of ketones is 1. The lowest BCUT2D eigenvalue weighted by Gasteiger charge is -2.25. The van der Waals surface area contributed by atoms with Gasteiger partial charge in [0.1, 0.15) is 11.5 Å². The first kappa shape index (κ1) is 18.7. The van der Waals surface area contributed by atoms with Crippen molar-refractivity contribution in [3.8, 4) is 5.75 Å². The predicted molar refractivity (Wildman–Crippen MR) is 103 cm³/mol. The standard InChI is InChI=1S/C22H23NO4/c1-3-4-14-23-19(15-10-12-17(27-2)13-11-15)18(21(25)22(23)26)20(24)16-8-6-5-7-9-16/h5-13,19,24H,3-4,14H2,1-2H3/b20-18+. The highest BCUT2D eigenvalue weighted by Gasteiger charge is 2.45.